The number of amides is 3. The molecule has 2 aromatic rings. The van der Waals surface area contributed by atoms with E-state index in [2.05, 4.69) is 10.7 Å². The molecule has 1 atom stereocenters. The van der Waals surface area contributed by atoms with Crippen LogP contribution in [-0.4, -0.2) is 45.8 Å². The molecule has 1 aliphatic heterocycles. The van der Waals surface area contributed by atoms with Crippen LogP contribution in [0.1, 0.15) is 16.8 Å². The van der Waals surface area contributed by atoms with Gasteiger partial charge in [-0.1, -0.05) is 23.7 Å². The second-order valence-electron chi connectivity index (χ2n) is 6.25. The zero-order valence-electron chi connectivity index (χ0n) is 15.2. The van der Waals surface area contributed by atoms with Crippen LogP contribution in [0.4, 0.5) is 10.1 Å². The van der Waals surface area contributed by atoms with Crippen LogP contribution in [0.2, 0.25) is 5.02 Å². The number of hydrogen-bond acceptors (Lipinski definition) is 4. The van der Waals surface area contributed by atoms with Crippen molar-refractivity contribution >= 4 is 52.3 Å². The number of carbonyl (C=O) groups excluding carboxylic acids is 3. The van der Waals surface area contributed by atoms with E-state index in [9.17, 15) is 18.8 Å². The number of hydrogen-bond donors (Lipinski definition) is 2. The molecule has 3 rings (SSSR count). The Labute approximate surface area is 176 Å². The maximum atomic E-state index is 13.7. The first kappa shape index (κ1) is 20.7. The molecular formula is C19H16ClFN4O3S. The Morgan fingerprint density at radius 1 is 1.17 bits per heavy atom. The van der Waals surface area contributed by atoms with Gasteiger partial charge in [0.1, 0.15) is 11.9 Å². The number of rotatable bonds is 5. The lowest BCUT2D eigenvalue weighted by atomic mass is 10.2. The second kappa shape index (κ2) is 8.54. The molecule has 1 saturated heterocycles. The van der Waals surface area contributed by atoms with Crippen LogP contribution in [0.3, 0.4) is 0 Å². The Balaban J connectivity index is 1.74. The van der Waals surface area contributed by atoms with Crippen molar-refractivity contribution in [1.82, 2.24) is 15.3 Å². The van der Waals surface area contributed by atoms with Crippen LogP contribution in [0.5, 0.6) is 0 Å². The first-order valence-corrected chi connectivity index (χ1v) is 9.28. The number of carbonyl (C=O) groups is 3. The first-order valence-electron chi connectivity index (χ1n) is 8.49. The van der Waals surface area contributed by atoms with Crippen LogP contribution in [0.15, 0.2) is 48.5 Å². The average Bonchev–Trinajstić information content (AvgIpc) is 2.88. The molecule has 0 aliphatic carbocycles. The van der Waals surface area contributed by atoms with E-state index < -0.39 is 29.6 Å². The lowest BCUT2D eigenvalue weighted by molar-refractivity contribution is -0.130. The van der Waals surface area contributed by atoms with Crippen LogP contribution >= 0.6 is 23.8 Å². The predicted octanol–water partition coefficient (Wildman–Crippen LogP) is 2.58. The summed E-state index contributed by atoms with van der Waals surface area (Å²) in [4.78, 5) is 38.6. The van der Waals surface area contributed by atoms with E-state index in [4.69, 9.17) is 23.8 Å². The van der Waals surface area contributed by atoms with Crippen molar-refractivity contribution in [1.29, 1.82) is 0 Å². The molecule has 10 heteroatoms. The Hall–Kier alpha value is -3.04. The molecule has 2 N–H and O–H groups in total. The summed E-state index contributed by atoms with van der Waals surface area (Å²) in [5.74, 6) is -2.18. The van der Waals surface area contributed by atoms with Crippen LogP contribution in [0.25, 0.3) is 0 Å². The third-order valence-corrected chi connectivity index (χ3v) is 5.00. The summed E-state index contributed by atoms with van der Waals surface area (Å²) in [6, 6.07) is 10.7. The molecule has 3 amide bonds. The molecule has 0 aromatic heterocycles. The summed E-state index contributed by atoms with van der Waals surface area (Å²) < 4.78 is 13.7. The Morgan fingerprint density at radius 3 is 2.48 bits per heavy atom. The van der Waals surface area contributed by atoms with Crippen LogP contribution in [0, 0.1) is 5.82 Å². The highest BCUT2D eigenvalue weighted by Crippen LogP contribution is 2.20. The number of likely N-dealkylation sites (N-methyl/N-ethyl adjacent to an activating group) is 1. The molecule has 0 spiro atoms. The third kappa shape index (κ3) is 4.52. The largest absolute Gasteiger partial charge is 0.324 e. The van der Waals surface area contributed by atoms with Gasteiger partial charge in [0.25, 0.3) is 11.8 Å². The Kier molecular flexibility index (Phi) is 6.09. The van der Waals surface area contributed by atoms with E-state index in [0.29, 0.717) is 10.6 Å². The summed E-state index contributed by atoms with van der Waals surface area (Å²) >= 11 is 11.0. The van der Waals surface area contributed by atoms with Crippen LogP contribution < -0.4 is 10.7 Å². The van der Waals surface area contributed by atoms with E-state index in [-0.39, 0.29) is 17.2 Å². The molecule has 0 bridgehead atoms. The highest BCUT2D eigenvalue weighted by Gasteiger charge is 2.42. The van der Waals surface area contributed by atoms with E-state index in [0.717, 1.165) is 5.01 Å². The van der Waals surface area contributed by atoms with Gasteiger partial charge in [-0.25, -0.2) is 9.40 Å². The summed E-state index contributed by atoms with van der Waals surface area (Å²) in [6.07, 6.45) is -0.335. The zero-order chi connectivity index (χ0) is 21.1. The standard InChI is InChI=1S/C19H16ClFN4O3S/c1-24-18(28)15(10-16(26)22-14-5-3-2-4-13(14)21)25(19(24)29)23-17(27)11-6-8-12(20)9-7-11/h2-9,15H,10H2,1H3,(H,22,26)(H,23,27). The summed E-state index contributed by atoms with van der Waals surface area (Å²) in [7, 11) is 1.45. The molecule has 29 heavy (non-hydrogen) atoms. The molecule has 2 aromatic carbocycles. The molecule has 7 nitrogen and oxygen atoms in total. The molecule has 1 heterocycles. The maximum Gasteiger partial charge on any atom is 0.269 e. The number of nitrogens with one attached hydrogen (secondary N) is 2. The number of para-hydroxylation sites is 1. The van der Waals surface area contributed by atoms with Gasteiger partial charge in [-0.3, -0.25) is 24.7 Å². The number of benzene rings is 2. The molecule has 150 valence electrons. The topological polar surface area (TPSA) is 81.8 Å². The van der Waals surface area contributed by atoms with Crippen LogP contribution in [-0.2, 0) is 9.59 Å². The summed E-state index contributed by atoms with van der Waals surface area (Å²) in [6.45, 7) is 0. The van der Waals surface area contributed by atoms with Crippen molar-refractivity contribution in [3.05, 3.63) is 64.9 Å². The van der Waals surface area contributed by atoms with Gasteiger partial charge in [0.2, 0.25) is 5.91 Å². The molecule has 0 radical (unpaired) electrons. The fourth-order valence-corrected chi connectivity index (χ4v) is 3.13. The lowest BCUT2D eigenvalue weighted by Crippen LogP contribution is -2.49. The molecule has 1 fully saturated rings. The summed E-state index contributed by atoms with van der Waals surface area (Å²) in [5.41, 5.74) is 2.85. The van der Waals surface area contributed by atoms with Crippen molar-refractivity contribution in [2.75, 3.05) is 12.4 Å². The smallest absolute Gasteiger partial charge is 0.269 e. The quantitative estimate of drug-likeness (QED) is 0.707. The van der Waals surface area contributed by atoms with Crippen molar-refractivity contribution in [2.24, 2.45) is 0 Å². The van der Waals surface area contributed by atoms with Gasteiger partial charge in [0, 0.05) is 17.6 Å². The Bertz CT molecular complexity index is 986. The molecule has 1 unspecified atom stereocenters. The average molecular weight is 435 g/mol. The van der Waals surface area contributed by atoms with E-state index in [1.165, 1.54) is 42.3 Å². The number of nitrogens with zero attached hydrogens (tertiary/aromatic N) is 2. The highest BCUT2D eigenvalue weighted by molar-refractivity contribution is 7.80. The van der Waals surface area contributed by atoms with Crippen molar-refractivity contribution < 1.29 is 18.8 Å². The fraction of sp³-hybridized carbons (Fsp3) is 0.158. The predicted molar refractivity (Wildman–Crippen MR) is 110 cm³/mol. The highest BCUT2D eigenvalue weighted by atomic mass is 35.5. The van der Waals surface area contributed by atoms with Gasteiger partial charge >= 0.3 is 0 Å². The minimum absolute atomic E-state index is 0.00405. The maximum absolute atomic E-state index is 13.7. The van der Waals surface area contributed by atoms with Crippen molar-refractivity contribution in [3.8, 4) is 0 Å². The van der Waals surface area contributed by atoms with E-state index in [1.54, 1.807) is 18.2 Å². The minimum atomic E-state index is -1.06. The monoisotopic (exact) mass is 434 g/mol. The van der Waals surface area contributed by atoms with E-state index in [1.807, 2.05) is 0 Å². The minimum Gasteiger partial charge on any atom is -0.324 e. The summed E-state index contributed by atoms with van der Waals surface area (Å²) in [5, 5.41) is 4.09. The molecular weight excluding hydrogens is 419 g/mol. The Morgan fingerprint density at radius 2 is 1.83 bits per heavy atom. The number of anilines is 1. The third-order valence-electron chi connectivity index (χ3n) is 4.28. The van der Waals surface area contributed by atoms with Gasteiger partial charge in [0.15, 0.2) is 5.11 Å². The molecule has 1 aliphatic rings. The first-order chi connectivity index (χ1) is 13.8. The normalized spacial score (nSPS) is 16.2. The zero-order valence-corrected chi connectivity index (χ0v) is 16.8. The van der Waals surface area contributed by atoms with Gasteiger partial charge in [-0.2, -0.15) is 0 Å². The van der Waals surface area contributed by atoms with Gasteiger partial charge in [0.05, 0.1) is 12.1 Å². The number of halogens is 2. The SMILES string of the molecule is CN1C(=O)C(CC(=O)Nc2ccccc2F)N(NC(=O)c2ccc(Cl)cc2)C1=S. The van der Waals surface area contributed by atoms with Gasteiger partial charge in [-0.05, 0) is 48.6 Å². The van der Waals surface area contributed by atoms with E-state index >= 15 is 0 Å². The van der Waals surface area contributed by atoms with Crippen molar-refractivity contribution in [3.63, 3.8) is 0 Å². The molecule has 0 saturated carbocycles. The van der Waals surface area contributed by atoms with Gasteiger partial charge < -0.3 is 5.32 Å². The number of hydrazine groups is 1. The second-order valence-corrected chi connectivity index (χ2v) is 7.05. The lowest BCUT2D eigenvalue weighted by Gasteiger charge is -2.24. The van der Waals surface area contributed by atoms with Crippen molar-refractivity contribution in [2.45, 2.75) is 12.5 Å². The number of thiocarbonyl (C=S) groups is 1. The fourth-order valence-electron chi connectivity index (χ4n) is 2.74. The van der Waals surface area contributed by atoms with Gasteiger partial charge in [-0.15, -0.1) is 0 Å².